The molecule has 172 valence electrons. The highest BCUT2D eigenvalue weighted by atomic mass is 16.5. The minimum absolute atomic E-state index is 0.460. The van der Waals surface area contributed by atoms with E-state index >= 15 is 0 Å². The first kappa shape index (κ1) is 22.0. The van der Waals surface area contributed by atoms with E-state index in [9.17, 15) is 0 Å². The van der Waals surface area contributed by atoms with E-state index in [4.69, 9.17) is 9.47 Å². The Balaban J connectivity index is 1.30. The Morgan fingerprint density at radius 1 is 0.871 bits per heavy atom. The van der Waals surface area contributed by atoms with Gasteiger partial charge in [-0.1, -0.05) is 57.5 Å². The summed E-state index contributed by atoms with van der Waals surface area (Å²) in [5, 5.41) is 0. The maximum atomic E-state index is 6.29. The number of ether oxygens (including phenoxy) is 2. The Bertz CT molecular complexity index is 746. The first-order valence-electron chi connectivity index (χ1n) is 13.1. The van der Waals surface area contributed by atoms with E-state index in [1.54, 1.807) is 0 Å². The van der Waals surface area contributed by atoms with Crippen LogP contribution in [0.5, 0.6) is 0 Å². The van der Waals surface area contributed by atoms with Gasteiger partial charge < -0.3 is 9.47 Å². The summed E-state index contributed by atoms with van der Waals surface area (Å²) in [5.74, 6) is 5.01. The summed E-state index contributed by atoms with van der Waals surface area (Å²) in [6.45, 7) is 9.44. The van der Waals surface area contributed by atoms with Crippen molar-refractivity contribution >= 4 is 0 Å². The molecule has 0 radical (unpaired) electrons. The molecule has 5 rings (SSSR count). The smallest absolute Gasteiger partial charge is 0.0717 e. The van der Waals surface area contributed by atoms with E-state index in [1.165, 1.54) is 56.9 Å². The fraction of sp³-hybridized carbons (Fsp3) is 0.793. The van der Waals surface area contributed by atoms with Crippen LogP contribution in [0.3, 0.4) is 0 Å². The summed E-state index contributed by atoms with van der Waals surface area (Å²) < 4.78 is 12.5. The molecule has 0 N–H and O–H groups in total. The van der Waals surface area contributed by atoms with Gasteiger partial charge in [0.1, 0.15) is 0 Å². The maximum Gasteiger partial charge on any atom is 0.0717 e. The number of benzene rings is 1. The van der Waals surface area contributed by atoms with Crippen LogP contribution in [0.15, 0.2) is 30.3 Å². The van der Waals surface area contributed by atoms with Gasteiger partial charge >= 0.3 is 0 Å². The van der Waals surface area contributed by atoms with Crippen LogP contribution in [0.1, 0.15) is 77.7 Å². The summed E-state index contributed by atoms with van der Waals surface area (Å²) >= 11 is 0. The molecule has 0 unspecified atom stereocenters. The second kappa shape index (κ2) is 8.49. The lowest BCUT2D eigenvalue weighted by Crippen LogP contribution is -2.58. The van der Waals surface area contributed by atoms with Gasteiger partial charge in [-0.05, 0) is 96.8 Å². The molecule has 0 spiro atoms. The number of hydrogen-bond acceptors (Lipinski definition) is 2. The maximum absolute atomic E-state index is 6.29. The molecule has 2 nitrogen and oxygen atoms in total. The number of hydrogen-bond donors (Lipinski definition) is 0. The van der Waals surface area contributed by atoms with Gasteiger partial charge in [-0.25, -0.2) is 0 Å². The predicted molar refractivity (Wildman–Crippen MR) is 127 cm³/mol. The average molecular weight is 425 g/mol. The second-order valence-electron chi connectivity index (χ2n) is 12.2. The monoisotopic (exact) mass is 424 g/mol. The standard InChI is InChI=1S/C29H44O2/c1-20-12-14-29(3)25-13-15-28(2)22(19-31-18-21-8-6-5-7-9-21)10-11-24(28)23(25)17-27(30-4)26(29)16-20/h5-9,20,22-27H,10-19H2,1-4H3/t20-,22-,23+,24+,25+,26-,27-,28-,29-/m1/s1. The van der Waals surface area contributed by atoms with Gasteiger partial charge in [0, 0.05) is 7.11 Å². The van der Waals surface area contributed by atoms with Crippen LogP contribution in [0, 0.1) is 46.3 Å². The van der Waals surface area contributed by atoms with E-state index in [2.05, 4.69) is 51.1 Å². The molecule has 0 aromatic heterocycles. The third-order valence-corrected chi connectivity index (χ3v) is 10.8. The topological polar surface area (TPSA) is 18.5 Å². The normalized spacial score (nSPS) is 46.8. The lowest BCUT2D eigenvalue weighted by atomic mass is 9.43. The molecule has 9 atom stereocenters. The third-order valence-electron chi connectivity index (χ3n) is 10.8. The van der Waals surface area contributed by atoms with Crippen molar-refractivity contribution in [2.45, 2.75) is 84.8 Å². The van der Waals surface area contributed by atoms with Crippen molar-refractivity contribution in [3.63, 3.8) is 0 Å². The molecule has 2 heteroatoms. The van der Waals surface area contributed by atoms with Crippen molar-refractivity contribution in [1.29, 1.82) is 0 Å². The molecule has 0 aliphatic heterocycles. The van der Waals surface area contributed by atoms with Crippen molar-refractivity contribution in [1.82, 2.24) is 0 Å². The van der Waals surface area contributed by atoms with Gasteiger partial charge in [0.2, 0.25) is 0 Å². The minimum atomic E-state index is 0.460. The third kappa shape index (κ3) is 3.70. The first-order chi connectivity index (χ1) is 15.0. The highest BCUT2D eigenvalue weighted by Crippen LogP contribution is 2.68. The molecule has 4 aliphatic carbocycles. The van der Waals surface area contributed by atoms with Crippen LogP contribution in [0.4, 0.5) is 0 Å². The molecule has 4 aliphatic rings. The molecule has 0 bridgehead atoms. The van der Waals surface area contributed by atoms with E-state index < -0.39 is 0 Å². The molecule has 4 saturated carbocycles. The van der Waals surface area contributed by atoms with Crippen LogP contribution >= 0.6 is 0 Å². The molecule has 4 fully saturated rings. The minimum Gasteiger partial charge on any atom is -0.381 e. The number of rotatable bonds is 5. The highest BCUT2D eigenvalue weighted by Gasteiger charge is 2.62. The summed E-state index contributed by atoms with van der Waals surface area (Å²) in [6.07, 6.45) is 11.6. The lowest BCUT2D eigenvalue weighted by Gasteiger charge is -2.62. The molecule has 0 saturated heterocycles. The summed E-state index contributed by atoms with van der Waals surface area (Å²) in [6, 6.07) is 10.7. The van der Waals surface area contributed by atoms with Crippen molar-refractivity contribution in [2.75, 3.05) is 13.7 Å². The van der Waals surface area contributed by atoms with Crippen LogP contribution in [0.2, 0.25) is 0 Å². The average Bonchev–Trinajstić information content (AvgIpc) is 3.11. The van der Waals surface area contributed by atoms with Crippen molar-refractivity contribution in [3.8, 4) is 0 Å². The quantitative estimate of drug-likeness (QED) is 0.501. The van der Waals surface area contributed by atoms with E-state index in [0.717, 1.165) is 48.7 Å². The Morgan fingerprint density at radius 2 is 1.61 bits per heavy atom. The molecular formula is C29H44O2. The first-order valence-corrected chi connectivity index (χ1v) is 13.1. The van der Waals surface area contributed by atoms with Crippen molar-refractivity contribution < 1.29 is 9.47 Å². The van der Waals surface area contributed by atoms with Crippen molar-refractivity contribution in [2.24, 2.45) is 46.3 Å². The highest BCUT2D eigenvalue weighted by molar-refractivity contribution is 5.14. The summed E-state index contributed by atoms with van der Waals surface area (Å²) in [7, 11) is 1.99. The lowest BCUT2D eigenvalue weighted by molar-refractivity contribution is -0.173. The van der Waals surface area contributed by atoms with Crippen LogP contribution in [-0.2, 0) is 16.1 Å². The Morgan fingerprint density at radius 3 is 2.39 bits per heavy atom. The van der Waals surface area contributed by atoms with E-state index in [0.29, 0.717) is 16.9 Å². The van der Waals surface area contributed by atoms with Crippen LogP contribution in [-0.4, -0.2) is 19.8 Å². The Labute approximate surface area is 190 Å². The van der Waals surface area contributed by atoms with E-state index in [1.807, 2.05) is 7.11 Å². The number of methoxy groups -OCH3 is 1. The molecule has 0 heterocycles. The van der Waals surface area contributed by atoms with Gasteiger partial charge in [-0.2, -0.15) is 0 Å². The Hall–Kier alpha value is -0.860. The molecular weight excluding hydrogens is 380 g/mol. The Kier molecular flexibility index (Phi) is 6.01. The van der Waals surface area contributed by atoms with Gasteiger partial charge in [-0.15, -0.1) is 0 Å². The predicted octanol–water partition coefficient (Wildman–Crippen LogP) is 7.12. The molecule has 31 heavy (non-hydrogen) atoms. The summed E-state index contributed by atoms with van der Waals surface area (Å²) in [4.78, 5) is 0. The second-order valence-corrected chi connectivity index (χ2v) is 12.2. The van der Waals surface area contributed by atoms with Gasteiger partial charge in [0.15, 0.2) is 0 Å². The van der Waals surface area contributed by atoms with Gasteiger partial charge in [-0.3, -0.25) is 0 Å². The number of fused-ring (bicyclic) bond motifs is 5. The molecule has 0 amide bonds. The largest absolute Gasteiger partial charge is 0.381 e. The zero-order valence-corrected chi connectivity index (χ0v) is 20.3. The fourth-order valence-corrected chi connectivity index (χ4v) is 9.00. The van der Waals surface area contributed by atoms with Crippen molar-refractivity contribution in [3.05, 3.63) is 35.9 Å². The van der Waals surface area contributed by atoms with Crippen LogP contribution in [0.25, 0.3) is 0 Å². The molecule has 1 aromatic rings. The summed E-state index contributed by atoms with van der Waals surface area (Å²) in [5.41, 5.74) is 2.26. The van der Waals surface area contributed by atoms with E-state index in [-0.39, 0.29) is 0 Å². The molecule has 1 aromatic carbocycles. The van der Waals surface area contributed by atoms with Crippen LogP contribution < -0.4 is 0 Å². The zero-order chi connectivity index (χ0) is 21.6. The van der Waals surface area contributed by atoms with Gasteiger partial charge in [0.05, 0.1) is 19.3 Å². The van der Waals surface area contributed by atoms with Gasteiger partial charge in [0.25, 0.3) is 0 Å². The zero-order valence-electron chi connectivity index (χ0n) is 20.3. The fourth-order valence-electron chi connectivity index (χ4n) is 9.00. The SMILES string of the molecule is CO[C@@H]1C[C@@H]2[C@H](CC[C@]3(C)[C@@H](COCc4ccccc4)CC[C@@H]23)[C@@]2(C)CC[C@@H](C)C[C@H]12.